The van der Waals surface area contributed by atoms with Gasteiger partial charge in [0.2, 0.25) is 15.9 Å². The van der Waals surface area contributed by atoms with E-state index in [0.29, 0.717) is 25.0 Å². The van der Waals surface area contributed by atoms with Crippen molar-refractivity contribution in [3.8, 4) is 0 Å². The molecule has 9 heteroatoms. The Morgan fingerprint density at radius 1 is 1.06 bits per heavy atom. The largest absolute Gasteiger partial charge is 0.379 e. The third-order valence-electron chi connectivity index (χ3n) is 7.74. The summed E-state index contributed by atoms with van der Waals surface area (Å²) in [6.45, 7) is 7.14. The molecule has 1 saturated heterocycles. The molecule has 1 aromatic rings. The van der Waals surface area contributed by atoms with E-state index >= 15 is 0 Å². The third kappa shape index (κ3) is 5.31. The zero-order valence-electron chi connectivity index (χ0n) is 20.3. The molecule has 2 amide bonds. The molecule has 2 saturated carbocycles. The highest BCUT2D eigenvalue weighted by atomic mass is 32.2. The first-order valence-corrected chi connectivity index (χ1v) is 13.9. The zero-order valence-corrected chi connectivity index (χ0v) is 21.1. The minimum absolute atomic E-state index is 0.0671. The number of fused-ring (bicyclic) bond motifs is 2. The number of carbonyl (C=O) groups excluding carboxylic acids is 2. The predicted molar refractivity (Wildman–Crippen MR) is 129 cm³/mol. The lowest BCUT2D eigenvalue weighted by atomic mass is 9.84. The molecule has 2 bridgehead atoms. The van der Waals surface area contributed by atoms with Crippen LogP contribution in [0.15, 0.2) is 29.2 Å². The molecule has 188 valence electrons. The number of amides is 2. The molecule has 5 atom stereocenters. The maximum absolute atomic E-state index is 13.1. The van der Waals surface area contributed by atoms with E-state index in [4.69, 9.17) is 4.74 Å². The number of rotatable bonds is 8. The number of ether oxygens (including phenoxy) is 1. The van der Waals surface area contributed by atoms with Crippen LogP contribution >= 0.6 is 0 Å². The van der Waals surface area contributed by atoms with E-state index in [1.54, 1.807) is 12.1 Å². The molecule has 3 aliphatic rings. The van der Waals surface area contributed by atoms with E-state index in [1.165, 1.54) is 42.1 Å². The molecule has 4 unspecified atom stereocenters. The molecular formula is C25H37N3O5S. The van der Waals surface area contributed by atoms with Gasteiger partial charge in [0, 0.05) is 24.7 Å². The fraction of sp³-hybridized carbons (Fsp3) is 0.680. The Morgan fingerprint density at radius 3 is 2.41 bits per heavy atom. The Balaban J connectivity index is 1.42. The van der Waals surface area contributed by atoms with Crippen LogP contribution in [-0.2, 0) is 19.6 Å². The van der Waals surface area contributed by atoms with Crippen LogP contribution in [0.1, 0.15) is 56.8 Å². The van der Waals surface area contributed by atoms with Crippen LogP contribution < -0.4 is 10.6 Å². The van der Waals surface area contributed by atoms with Gasteiger partial charge in [0.1, 0.15) is 6.04 Å². The molecule has 1 heterocycles. The maximum Gasteiger partial charge on any atom is 0.251 e. The van der Waals surface area contributed by atoms with Gasteiger partial charge >= 0.3 is 0 Å². The lowest BCUT2D eigenvalue weighted by Crippen LogP contribution is -2.53. The summed E-state index contributed by atoms with van der Waals surface area (Å²) in [6, 6.07) is 5.37. The van der Waals surface area contributed by atoms with Gasteiger partial charge in [-0.1, -0.05) is 26.3 Å². The van der Waals surface area contributed by atoms with Gasteiger partial charge in [-0.25, -0.2) is 8.42 Å². The molecule has 0 aromatic heterocycles. The van der Waals surface area contributed by atoms with Crippen molar-refractivity contribution in [2.24, 2.45) is 23.7 Å². The quantitative estimate of drug-likeness (QED) is 0.581. The van der Waals surface area contributed by atoms with E-state index in [2.05, 4.69) is 17.6 Å². The summed E-state index contributed by atoms with van der Waals surface area (Å²) in [5, 5.41) is 6.00. The second-order valence-corrected chi connectivity index (χ2v) is 12.3. The first kappa shape index (κ1) is 25.1. The number of nitrogens with zero attached hydrogens (tertiary/aromatic N) is 1. The number of nitrogens with one attached hydrogen (secondary N) is 2. The SMILES string of the molecule is CC(NC(=O)[C@H](NC(=O)c1cccc(S(=O)(=O)N2CCOCC2)c1)C(C)C)C1CC2CCC1C2. The van der Waals surface area contributed by atoms with Crippen molar-refractivity contribution in [3.63, 3.8) is 0 Å². The second kappa shape index (κ2) is 10.3. The average molecular weight is 492 g/mol. The highest BCUT2D eigenvalue weighted by molar-refractivity contribution is 7.89. The molecule has 2 N–H and O–H groups in total. The maximum atomic E-state index is 13.1. The molecule has 4 rings (SSSR count). The standard InChI is InChI=1S/C25H37N3O5S/c1-16(2)23(25(30)26-17(3)22-14-18-7-8-19(22)13-18)27-24(29)20-5-4-6-21(15-20)34(31,32)28-9-11-33-12-10-28/h4-6,15-19,22-23H,7-14H2,1-3H3,(H,26,30)(H,27,29)/t17?,18?,19?,22?,23-/m1/s1. The van der Waals surface area contributed by atoms with E-state index in [1.807, 2.05) is 13.8 Å². The molecule has 0 spiro atoms. The van der Waals surface area contributed by atoms with Gasteiger partial charge in [-0.05, 0) is 68.1 Å². The van der Waals surface area contributed by atoms with Crippen LogP contribution in [0.2, 0.25) is 0 Å². The van der Waals surface area contributed by atoms with Gasteiger partial charge in [0.15, 0.2) is 0 Å². The molecular weight excluding hydrogens is 454 g/mol. The van der Waals surface area contributed by atoms with Crippen LogP contribution in [0.3, 0.4) is 0 Å². The monoisotopic (exact) mass is 491 g/mol. The Morgan fingerprint density at radius 2 is 1.79 bits per heavy atom. The number of hydrogen-bond donors (Lipinski definition) is 2. The summed E-state index contributed by atoms with van der Waals surface area (Å²) in [7, 11) is -3.71. The van der Waals surface area contributed by atoms with Gasteiger partial charge in [-0.15, -0.1) is 0 Å². The third-order valence-corrected chi connectivity index (χ3v) is 9.64. The fourth-order valence-electron chi connectivity index (χ4n) is 5.82. The average Bonchev–Trinajstić information content (AvgIpc) is 3.46. The summed E-state index contributed by atoms with van der Waals surface area (Å²) in [5.74, 6) is 1.25. The molecule has 34 heavy (non-hydrogen) atoms. The van der Waals surface area contributed by atoms with Crippen molar-refractivity contribution >= 4 is 21.8 Å². The van der Waals surface area contributed by atoms with E-state index in [-0.39, 0.29) is 41.4 Å². The minimum atomic E-state index is -3.71. The minimum Gasteiger partial charge on any atom is -0.379 e. The van der Waals surface area contributed by atoms with Crippen molar-refractivity contribution in [1.82, 2.24) is 14.9 Å². The van der Waals surface area contributed by atoms with Gasteiger partial charge in [0.25, 0.3) is 5.91 Å². The number of carbonyl (C=O) groups is 2. The topological polar surface area (TPSA) is 105 Å². The molecule has 1 aliphatic heterocycles. The van der Waals surface area contributed by atoms with Gasteiger partial charge < -0.3 is 15.4 Å². The Hall–Kier alpha value is -1.97. The summed E-state index contributed by atoms with van der Waals surface area (Å²) < 4.78 is 32.6. The van der Waals surface area contributed by atoms with E-state index < -0.39 is 22.0 Å². The molecule has 1 aromatic carbocycles. The van der Waals surface area contributed by atoms with Crippen molar-refractivity contribution in [2.75, 3.05) is 26.3 Å². The Kier molecular flexibility index (Phi) is 7.64. The van der Waals surface area contributed by atoms with Crippen LogP contribution in [0.4, 0.5) is 0 Å². The van der Waals surface area contributed by atoms with Crippen LogP contribution in [0.25, 0.3) is 0 Å². The number of sulfonamides is 1. The lowest BCUT2D eigenvalue weighted by molar-refractivity contribution is -0.125. The summed E-state index contributed by atoms with van der Waals surface area (Å²) in [4.78, 5) is 26.2. The Labute approximate surface area is 202 Å². The van der Waals surface area contributed by atoms with E-state index in [0.717, 1.165) is 5.92 Å². The summed E-state index contributed by atoms with van der Waals surface area (Å²) in [6.07, 6.45) is 5.02. The summed E-state index contributed by atoms with van der Waals surface area (Å²) >= 11 is 0. The van der Waals surface area contributed by atoms with Crippen molar-refractivity contribution in [1.29, 1.82) is 0 Å². The zero-order chi connectivity index (χ0) is 24.5. The van der Waals surface area contributed by atoms with Crippen molar-refractivity contribution < 1.29 is 22.7 Å². The molecule has 0 radical (unpaired) electrons. The highest BCUT2D eigenvalue weighted by Gasteiger charge is 2.42. The van der Waals surface area contributed by atoms with Crippen molar-refractivity contribution in [2.45, 2.75) is 63.4 Å². The first-order chi connectivity index (χ1) is 16.2. The second-order valence-electron chi connectivity index (χ2n) is 10.4. The lowest BCUT2D eigenvalue weighted by Gasteiger charge is -2.31. The van der Waals surface area contributed by atoms with E-state index in [9.17, 15) is 18.0 Å². The number of benzene rings is 1. The van der Waals surface area contributed by atoms with Gasteiger partial charge in [0.05, 0.1) is 18.1 Å². The first-order valence-electron chi connectivity index (χ1n) is 12.5. The molecule has 8 nitrogen and oxygen atoms in total. The molecule has 3 fully saturated rings. The molecule has 2 aliphatic carbocycles. The highest BCUT2D eigenvalue weighted by Crippen LogP contribution is 2.49. The summed E-state index contributed by atoms with van der Waals surface area (Å²) in [5.41, 5.74) is 0.217. The van der Waals surface area contributed by atoms with Crippen LogP contribution in [0.5, 0.6) is 0 Å². The van der Waals surface area contributed by atoms with Crippen LogP contribution in [-0.4, -0.2) is 62.9 Å². The van der Waals surface area contributed by atoms with Gasteiger partial charge in [-0.2, -0.15) is 4.31 Å². The van der Waals surface area contributed by atoms with Gasteiger partial charge in [-0.3, -0.25) is 9.59 Å². The van der Waals surface area contributed by atoms with Crippen LogP contribution in [0, 0.1) is 23.7 Å². The van der Waals surface area contributed by atoms with Crippen molar-refractivity contribution in [3.05, 3.63) is 29.8 Å². The number of morpholine rings is 1. The normalized spacial score (nSPS) is 26.9. The smallest absolute Gasteiger partial charge is 0.251 e. The fourth-order valence-corrected chi connectivity index (χ4v) is 7.28. The Bertz CT molecular complexity index is 1010. The number of hydrogen-bond acceptors (Lipinski definition) is 5. The predicted octanol–water partition coefficient (Wildman–Crippen LogP) is 2.40.